The lowest BCUT2D eigenvalue weighted by Crippen LogP contribution is -2.17. The quantitative estimate of drug-likeness (QED) is 0.798. The number of alkyl halides is 2. The van der Waals surface area contributed by atoms with Crippen molar-refractivity contribution >= 4 is 23.2 Å². The highest BCUT2D eigenvalue weighted by molar-refractivity contribution is 6.32. The van der Waals surface area contributed by atoms with Gasteiger partial charge in [-0.05, 0) is 29.8 Å². The lowest BCUT2D eigenvalue weighted by Gasteiger charge is -2.20. The first-order valence-electron chi connectivity index (χ1n) is 7.97. The third kappa shape index (κ3) is 4.71. The Labute approximate surface area is 158 Å². The second-order valence-electron chi connectivity index (χ2n) is 5.57. The Balaban J connectivity index is 1.71. The maximum absolute atomic E-state index is 12.5. The van der Waals surface area contributed by atoms with E-state index in [4.69, 9.17) is 25.8 Å². The molecule has 2 aromatic rings. The molecule has 9 heteroatoms. The molecule has 1 aliphatic rings. The van der Waals surface area contributed by atoms with E-state index in [2.05, 4.69) is 10.1 Å². The third-order valence-electron chi connectivity index (χ3n) is 3.68. The SMILES string of the molecule is COc1ccc(NC(=O)Cc2cc(Cl)c3c(c2)OCCO3)cc1OC(F)F. The van der Waals surface area contributed by atoms with Gasteiger partial charge in [0.2, 0.25) is 5.91 Å². The highest BCUT2D eigenvalue weighted by Gasteiger charge is 2.18. The van der Waals surface area contributed by atoms with Crippen LogP contribution in [-0.2, 0) is 11.2 Å². The molecular formula is C18H16ClF2NO5. The number of fused-ring (bicyclic) bond motifs is 1. The van der Waals surface area contributed by atoms with Gasteiger partial charge in [-0.15, -0.1) is 0 Å². The van der Waals surface area contributed by atoms with Crippen LogP contribution in [0.1, 0.15) is 5.56 Å². The van der Waals surface area contributed by atoms with E-state index < -0.39 is 6.61 Å². The summed E-state index contributed by atoms with van der Waals surface area (Å²) in [6, 6.07) is 7.51. The zero-order valence-electron chi connectivity index (χ0n) is 14.3. The Kier molecular flexibility index (Phi) is 5.85. The lowest BCUT2D eigenvalue weighted by molar-refractivity contribution is -0.115. The van der Waals surface area contributed by atoms with E-state index in [1.54, 1.807) is 12.1 Å². The Hall–Kier alpha value is -2.74. The maximum Gasteiger partial charge on any atom is 0.387 e. The maximum atomic E-state index is 12.5. The van der Waals surface area contributed by atoms with Crippen LogP contribution in [0.2, 0.25) is 5.02 Å². The minimum absolute atomic E-state index is 0.00737. The van der Waals surface area contributed by atoms with Crippen LogP contribution in [0.3, 0.4) is 0 Å². The van der Waals surface area contributed by atoms with Gasteiger partial charge in [-0.2, -0.15) is 8.78 Å². The fourth-order valence-electron chi connectivity index (χ4n) is 2.60. The molecule has 1 aliphatic heterocycles. The van der Waals surface area contributed by atoms with Crippen LogP contribution < -0.4 is 24.3 Å². The molecule has 1 N–H and O–H groups in total. The fraction of sp³-hybridized carbons (Fsp3) is 0.278. The number of hydrogen-bond acceptors (Lipinski definition) is 5. The van der Waals surface area contributed by atoms with Gasteiger partial charge in [0.15, 0.2) is 23.0 Å². The molecule has 0 saturated carbocycles. The topological polar surface area (TPSA) is 66.0 Å². The van der Waals surface area contributed by atoms with Gasteiger partial charge in [0.25, 0.3) is 0 Å². The first kappa shape index (κ1) is 19.0. The van der Waals surface area contributed by atoms with Crippen molar-refractivity contribution in [2.45, 2.75) is 13.0 Å². The zero-order chi connectivity index (χ0) is 19.4. The normalized spacial score (nSPS) is 12.6. The Bertz CT molecular complexity index is 847. The van der Waals surface area contributed by atoms with Gasteiger partial charge in [0, 0.05) is 11.8 Å². The van der Waals surface area contributed by atoms with Crippen LogP contribution in [0.25, 0.3) is 0 Å². The molecule has 0 aliphatic carbocycles. The molecule has 0 aromatic heterocycles. The minimum atomic E-state index is -3.01. The van der Waals surface area contributed by atoms with Gasteiger partial charge in [0.05, 0.1) is 18.6 Å². The number of carbonyl (C=O) groups is 1. The van der Waals surface area contributed by atoms with Crippen molar-refractivity contribution in [1.29, 1.82) is 0 Å². The van der Waals surface area contributed by atoms with Gasteiger partial charge in [0.1, 0.15) is 13.2 Å². The smallest absolute Gasteiger partial charge is 0.387 e. The van der Waals surface area contributed by atoms with E-state index in [0.29, 0.717) is 41.0 Å². The van der Waals surface area contributed by atoms with E-state index in [1.165, 1.54) is 25.3 Å². The molecule has 0 radical (unpaired) electrons. The van der Waals surface area contributed by atoms with Crippen LogP contribution >= 0.6 is 11.6 Å². The summed E-state index contributed by atoms with van der Waals surface area (Å²) >= 11 is 6.16. The van der Waals surface area contributed by atoms with Crippen molar-refractivity contribution in [3.05, 3.63) is 40.9 Å². The standard InChI is InChI=1S/C18H16ClF2NO5/c1-24-13-3-2-11(9-14(13)27-18(20)21)22-16(23)8-10-6-12(19)17-15(7-10)25-4-5-26-17/h2-3,6-7,9,18H,4-5,8H2,1H3,(H,22,23). The third-order valence-corrected chi connectivity index (χ3v) is 3.97. The predicted molar refractivity (Wildman–Crippen MR) is 94.4 cm³/mol. The van der Waals surface area contributed by atoms with Crippen molar-refractivity contribution in [3.63, 3.8) is 0 Å². The second kappa shape index (κ2) is 8.30. The molecule has 1 amide bonds. The molecule has 27 heavy (non-hydrogen) atoms. The average Bonchev–Trinajstić information content (AvgIpc) is 2.61. The largest absolute Gasteiger partial charge is 0.493 e. The number of amides is 1. The van der Waals surface area contributed by atoms with E-state index >= 15 is 0 Å². The first-order chi connectivity index (χ1) is 13.0. The average molecular weight is 400 g/mol. The molecule has 6 nitrogen and oxygen atoms in total. The molecule has 3 rings (SSSR count). The molecule has 2 aromatic carbocycles. The van der Waals surface area contributed by atoms with E-state index in [0.717, 1.165) is 0 Å². The van der Waals surface area contributed by atoms with Crippen molar-refractivity contribution < 1.29 is 32.5 Å². The summed E-state index contributed by atoms with van der Waals surface area (Å²) in [6.45, 7) is -2.20. The van der Waals surface area contributed by atoms with Crippen molar-refractivity contribution in [3.8, 4) is 23.0 Å². The van der Waals surface area contributed by atoms with Crippen molar-refractivity contribution in [1.82, 2.24) is 0 Å². The number of carbonyl (C=O) groups excluding carboxylic acids is 1. The number of halogens is 3. The van der Waals surface area contributed by atoms with Crippen LogP contribution in [0.15, 0.2) is 30.3 Å². The number of anilines is 1. The predicted octanol–water partition coefficient (Wildman–Crippen LogP) is 3.90. The molecule has 1 heterocycles. The number of methoxy groups -OCH3 is 1. The van der Waals surface area contributed by atoms with E-state index in [-0.39, 0.29) is 23.8 Å². The molecule has 0 bridgehead atoms. The summed E-state index contributed by atoms with van der Waals surface area (Å²) < 4.78 is 45.3. The Morgan fingerprint density at radius 3 is 2.74 bits per heavy atom. The first-order valence-corrected chi connectivity index (χ1v) is 8.35. The highest BCUT2D eigenvalue weighted by atomic mass is 35.5. The van der Waals surface area contributed by atoms with E-state index in [1.807, 2.05) is 0 Å². The Morgan fingerprint density at radius 1 is 1.22 bits per heavy atom. The molecule has 144 valence electrons. The fourth-order valence-corrected chi connectivity index (χ4v) is 2.89. The van der Waals surface area contributed by atoms with Crippen LogP contribution in [-0.4, -0.2) is 32.8 Å². The number of benzene rings is 2. The number of nitrogens with one attached hydrogen (secondary N) is 1. The monoisotopic (exact) mass is 399 g/mol. The molecule has 0 saturated heterocycles. The summed E-state index contributed by atoms with van der Waals surface area (Å²) in [5, 5.41) is 2.97. The molecule has 0 spiro atoms. The lowest BCUT2D eigenvalue weighted by atomic mass is 10.1. The van der Waals surface area contributed by atoms with Gasteiger partial charge >= 0.3 is 6.61 Å². The van der Waals surface area contributed by atoms with Gasteiger partial charge < -0.3 is 24.3 Å². The van der Waals surface area contributed by atoms with Gasteiger partial charge in [-0.1, -0.05) is 11.6 Å². The molecule has 0 fully saturated rings. The van der Waals surface area contributed by atoms with Crippen molar-refractivity contribution in [2.24, 2.45) is 0 Å². The number of rotatable bonds is 6. The highest BCUT2D eigenvalue weighted by Crippen LogP contribution is 2.38. The summed E-state index contributed by atoms with van der Waals surface area (Å²) in [5.41, 5.74) is 0.916. The zero-order valence-corrected chi connectivity index (χ0v) is 15.0. The van der Waals surface area contributed by atoms with Crippen LogP contribution in [0.4, 0.5) is 14.5 Å². The molecular weight excluding hydrogens is 384 g/mol. The van der Waals surface area contributed by atoms with Gasteiger partial charge in [-0.25, -0.2) is 0 Å². The number of hydrogen-bond donors (Lipinski definition) is 1. The molecule has 0 unspecified atom stereocenters. The summed E-state index contributed by atoms with van der Waals surface area (Å²) in [6.07, 6.45) is 0.00737. The molecule has 0 atom stereocenters. The summed E-state index contributed by atoms with van der Waals surface area (Å²) in [7, 11) is 1.33. The summed E-state index contributed by atoms with van der Waals surface area (Å²) in [4.78, 5) is 12.3. The summed E-state index contributed by atoms with van der Waals surface area (Å²) in [5.74, 6) is 0.528. The van der Waals surface area contributed by atoms with Gasteiger partial charge in [-0.3, -0.25) is 4.79 Å². The minimum Gasteiger partial charge on any atom is -0.493 e. The van der Waals surface area contributed by atoms with Crippen LogP contribution in [0.5, 0.6) is 23.0 Å². The number of ether oxygens (including phenoxy) is 4. The Morgan fingerprint density at radius 2 is 2.00 bits per heavy atom. The van der Waals surface area contributed by atoms with Crippen LogP contribution in [0, 0.1) is 0 Å². The van der Waals surface area contributed by atoms with Crippen molar-refractivity contribution in [2.75, 3.05) is 25.6 Å². The second-order valence-corrected chi connectivity index (χ2v) is 5.98. The van der Waals surface area contributed by atoms with E-state index in [9.17, 15) is 13.6 Å².